The largest absolute Gasteiger partial charge is 0.277 e. The van der Waals surface area contributed by atoms with Crippen molar-refractivity contribution in [1.29, 1.82) is 0 Å². The van der Waals surface area contributed by atoms with Gasteiger partial charge in [-0.25, -0.2) is 9.38 Å². The Labute approximate surface area is 121 Å². The van der Waals surface area contributed by atoms with Crippen LogP contribution in [0.3, 0.4) is 0 Å². The molecule has 2 aromatic rings. The lowest BCUT2D eigenvalue weighted by Gasteiger charge is -2.07. The molecule has 0 N–H and O–H groups in total. The van der Waals surface area contributed by atoms with Crippen LogP contribution in [0.15, 0.2) is 34.3 Å². The summed E-state index contributed by atoms with van der Waals surface area (Å²) in [5, 5.41) is 4.93. The minimum atomic E-state index is -0.303. The van der Waals surface area contributed by atoms with Gasteiger partial charge in [-0.3, -0.25) is 9.67 Å². The van der Waals surface area contributed by atoms with Gasteiger partial charge >= 0.3 is 0 Å². The average Bonchev–Trinajstić information content (AvgIpc) is 2.60. The van der Waals surface area contributed by atoms with Crippen molar-refractivity contribution in [3.63, 3.8) is 0 Å². The van der Waals surface area contributed by atoms with Crippen LogP contribution in [-0.2, 0) is 7.05 Å². The number of aromatic nitrogens is 2. The Morgan fingerprint density at radius 3 is 2.80 bits per heavy atom. The highest BCUT2D eigenvalue weighted by atomic mass is 32.1. The first-order valence-electron chi connectivity index (χ1n) is 6.17. The molecule has 102 valence electrons. The topological polar surface area (TPSA) is 42.5 Å². The second-order valence-electron chi connectivity index (χ2n) is 4.58. The van der Waals surface area contributed by atoms with Crippen LogP contribution in [0.4, 0.5) is 10.2 Å². The standard InChI is InChI=1S/C14H13FN4S/c1-8-12-13(9-5-3-4-6-10(9)15)16-7-11(20)17-14(12)19(2)18-8/h3-6H,7H2,1-2H3,(H,17,20). The van der Waals surface area contributed by atoms with E-state index in [-0.39, 0.29) is 5.82 Å². The van der Waals surface area contributed by atoms with Crippen LogP contribution >= 0.6 is 12.6 Å². The fraction of sp³-hybridized carbons (Fsp3) is 0.214. The molecule has 1 aromatic carbocycles. The van der Waals surface area contributed by atoms with Gasteiger partial charge in [-0.1, -0.05) is 12.1 Å². The summed E-state index contributed by atoms with van der Waals surface area (Å²) in [7, 11) is 1.81. The van der Waals surface area contributed by atoms with E-state index in [9.17, 15) is 4.39 Å². The molecule has 0 aliphatic carbocycles. The average molecular weight is 288 g/mol. The zero-order chi connectivity index (χ0) is 14.3. The van der Waals surface area contributed by atoms with Crippen LogP contribution in [0.5, 0.6) is 0 Å². The van der Waals surface area contributed by atoms with Crippen LogP contribution in [0.1, 0.15) is 16.8 Å². The number of nitrogens with zero attached hydrogens (tertiary/aromatic N) is 4. The normalized spacial score (nSPS) is 14.4. The Morgan fingerprint density at radius 1 is 1.30 bits per heavy atom. The zero-order valence-corrected chi connectivity index (χ0v) is 12.0. The van der Waals surface area contributed by atoms with Crippen molar-refractivity contribution in [1.82, 2.24) is 9.78 Å². The summed E-state index contributed by atoms with van der Waals surface area (Å²) >= 11 is 4.30. The minimum absolute atomic E-state index is 0.303. The van der Waals surface area contributed by atoms with Gasteiger partial charge in [-0.05, 0) is 19.1 Å². The summed E-state index contributed by atoms with van der Waals surface area (Å²) in [6, 6.07) is 6.60. The molecule has 0 saturated carbocycles. The van der Waals surface area contributed by atoms with Crippen LogP contribution < -0.4 is 0 Å². The first-order chi connectivity index (χ1) is 9.58. The van der Waals surface area contributed by atoms with Gasteiger partial charge in [0.05, 0.1) is 28.6 Å². The van der Waals surface area contributed by atoms with Crippen LogP contribution in [0.25, 0.3) is 0 Å². The molecule has 0 unspecified atom stereocenters. The second-order valence-corrected chi connectivity index (χ2v) is 5.10. The van der Waals surface area contributed by atoms with Gasteiger partial charge in [0.25, 0.3) is 0 Å². The highest BCUT2D eigenvalue weighted by Crippen LogP contribution is 2.29. The van der Waals surface area contributed by atoms with Crippen molar-refractivity contribution in [2.24, 2.45) is 17.0 Å². The summed E-state index contributed by atoms with van der Waals surface area (Å²) in [5.41, 5.74) is 2.58. The molecule has 4 nitrogen and oxygen atoms in total. The summed E-state index contributed by atoms with van der Waals surface area (Å²) in [6.45, 7) is 2.20. The Hall–Kier alpha value is -1.95. The lowest BCUT2D eigenvalue weighted by molar-refractivity contribution is 0.625. The van der Waals surface area contributed by atoms with Crippen LogP contribution in [0.2, 0.25) is 0 Å². The maximum Gasteiger partial charge on any atom is 0.160 e. The molecule has 0 spiro atoms. The number of hydrogen-bond acceptors (Lipinski definition) is 3. The Balaban J connectivity index is 2.28. The molecular formula is C14H13FN4S. The number of fused-ring (bicyclic) bond motifs is 1. The van der Waals surface area contributed by atoms with E-state index < -0.39 is 0 Å². The van der Waals surface area contributed by atoms with E-state index in [1.54, 1.807) is 29.9 Å². The zero-order valence-electron chi connectivity index (χ0n) is 11.1. The fourth-order valence-electron chi connectivity index (χ4n) is 2.31. The lowest BCUT2D eigenvalue weighted by Crippen LogP contribution is -2.07. The molecule has 0 radical (unpaired) electrons. The van der Waals surface area contributed by atoms with Crippen molar-refractivity contribution in [3.8, 4) is 0 Å². The summed E-state index contributed by atoms with van der Waals surface area (Å²) < 4.78 is 15.7. The third-order valence-corrected chi connectivity index (χ3v) is 3.41. The summed E-state index contributed by atoms with van der Waals surface area (Å²) in [4.78, 5) is 8.88. The van der Waals surface area contributed by atoms with E-state index in [2.05, 4.69) is 27.7 Å². The summed E-state index contributed by atoms with van der Waals surface area (Å²) in [5.74, 6) is 0.357. The predicted octanol–water partition coefficient (Wildman–Crippen LogP) is 2.68. The highest BCUT2D eigenvalue weighted by Gasteiger charge is 2.23. The quantitative estimate of drug-likeness (QED) is 0.805. The van der Waals surface area contributed by atoms with E-state index in [0.29, 0.717) is 28.7 Å². The number of thiol groups is 1. The van der Waals surface area contributed by atoms with Gasteiger partial charge < -0.3 is 0 Å². The molecule has 0 fully saturated rings. The number of rotatable bonds is 1. The van der Waals surface area contributed by atoms with E-state index in [0.717, 1.165) is 11.3 Å². The maximum absolute atomic E-state index is 14.1. The number of benzene rings is 1. The van der Waals surface area contributed by atoms with Gasteiger partial charge in [0.2, 0.25) is 0 Å². The van der Waals surface area contributed by atoms with Crippen LogP contribution in [0, 0.1) is 12.7 Å². The van der Waals surface area contributed by atoms with Gasteiger partial charge in [0, 0.05) is 12.6 Å². The highest BCUT2D eigenvalue weighted by molar-refractivity contribution is 7.97. The van der Waals surface area contributed by atoms with Crippen LogP contribution in [-0.4, -0.2) is 27.1 Å². The Kier molecular flexibility index (Phi) is 3.17. The first-order valence-corrected chi connectivity index (χ1v) is 6.62. The van der Waals surface area contributed by atoms with Crippen molar-refractivity contribution < 1.29 is 4.39 Å². The van der Waals surface area contributed by atoms with Crippen molar-refractivity contribution in [2.75, 3.05) is 6.54 Å². The van der Waals surface area contributed by atoms with E-state index >= 15 is 0 Å². The van der Waals surface area contributed by atoms with Gasteiger partial charge in [0.1, 0.15) is 5.82 Å². The van der Waals surface area contributed by atoms with Gasteiger partial charge in [0.15, 0.2) is 5.82 Å². The molecule has 0 amide bonds. The SMILES string of the molecule is Cc1nn(C)c2c1C(c1ccccc1F)=NCC(S)=N2. The number of aryl methyl sites for hydroxylation is 2. The molecule has 1 aromatic heterocycles. The van der Waals surface area contributed by atoms with Crippen molar-refractivity contribution >= 4 is 29.2 Å². The molecule has 6 heteroatoms. The number of aliphatic imine (C=N–C) groups is 2. The Bertz CT molecular complexity index is 746. The smallest absolute Gasteiger partial charge is 0.160 e. The van der Waals surface area contributed by atoms with E-state index in [4.69, 9.17) is 0 Å². The third kappa shape index (κ3) is 2.06. The third-order valence-electron chi connectivity index (χ3n) is 3.17. The molecule has 0 saturated heterocycles. The molecule has 2 heterocycles. The number of hydrogen-bond donors (Lipinski definition) is 1. The first kappa shape index (κ1) is 13.1. The predicted molar refractivity (Wildman–Crippen MR) is 80.9 cm³/mol. The second kappa shape index (κ2) is 4.86. The van der Waals surface area contributed by atoms with Crippen molar-refractivity contribution in [3.05, 3.63) is 46.9 Å². The van der Waals surface area contributed by atoms with E-state index in [1.165, 1.54) is 6.07 Å². The molecule has 0 atom stereocenters. The fourth-order valence-corrected chi connectivity index (χ4v) is 2.48. The van der Waals surface area contributed by atoms with Gasteiger partial charge in [-0.15, -0.1) is 12.6 Å². The number of halogens is 1. The molecular weight excluding hydrogens is 275 g/mol. The minimum Gasteiger partial charge on any atom is -0.277 e. The monoisotopic (exact) mass is 288 g/mol. The molecule has 1 aliphatic rings. The Morgan fingerprint density at radius 2 is 2.05 bits per heavy atom. The molecule has 0 bridgehead atoms. The molecule has 20 heavy (non-hydrogen) atoms. The lowest BCUT2D eigenvalue weighted by atomic mass is 10.0. The molecule has 3 rings (SSSR count). The van der Waals surface area contributed by atoms with Gasteiger partial charge in [-0.2, -0.15) is 5.10 Å². The maximum atomic E-state index is 14.1. The summed E-state index contributed by atoms with van der Waals surface area (Å²) in [6.07, 6.45) is 0. The van der Waals surface area contributed by atoms with Crippen molar-refractivity contribution in [2.45, 2.75) is 6.92 Å². The molecule has 1 aliphatic heterocycles. The van der Waals surface area contributed by atoms with E-state index in [1.807, 2.05) is 6.92 Å².